The fraction of sp³-hybridized carbons (Fsp3) is 0.278. The highest BCUT2D eigenvalue weighted by Gasteiger charge is 2.13. The molecule has 2 aromatic rings. The maximum atomic E-state index is 12.2. The summed E-state index contributed by atoms with van der Waals surface area (Å²) in [5.74, 6) is 1.52. The molecule has 0 saturated carbocycles. The van der Waals surface area contributed by atoms with Crippen LogP contribution in [0.1, 0.15) is 11.4 Å². The van der Waals surface area contributed by atoms with Crippen molar-refractivity contribution in [3.63, 3.8) is 0 Å². The third-order valence-electron chi connectivity index (χ3n) is 3.39. The number of hydrogen-bond donors (Lipinski definition) is 1. The van der Waals surface area contributed by atoms with Gasteiger partial charge in [0.25, 0.3) is 0 Å². The van der Waals surface area contributed by atoms with Crippen LogP contribution >= 0.6 is 23.4 Å². The second kappa shape index (κ2) is 10.0. The van der Waals surface area contributed by atoms with E-state index in [1.807, 2.05) is 13.0 Å². The topological polar surface area (TPSA) is 71.1 Å². The molecule has 1 aromatic carbocycles. The number of hydrogen-bond acceptors (Lipinski definition) is 5. The number of aromatic amines is 1. The first kappa shape index (κ1) is 20.1. The van der Waals surface area contributed by atoms with Crippen LogP contribution in [0.4, 0.5) is 0 Å². The molecule has 0 spiro atoms. The summed E-state index contributed by atoms with van der Waals surface area (Å²) in [6, 6.07) is 5.45. The lowest BCUT2D eigenvalue weighted by molar-refractivity contribution is -0.127. The number of aromatic nitrogens is 3. The molecule has 1 amide bonds. The van der Waals surface area contributed by atoms with Gasteiger partial charge in [0, 0.05) is 18.1 Å². The highest BCUT2D eigenvalue weighted by atomic mass is 35.5. The van der Waals surface area contributed by atoms with E-state index < -0.39 is 0 Å². The van der Waals surface area contributed by atoms with Crippen LogP contribution < -0.4 is 4.74 Å². The average molecular weight is 393 g/mol. The number of aryl methyl sites for hydroxylation is 1. The van der Waals surface area contributed by atoms with E-state index in [2.05, 4.69) is 28.3 Å². The minimum Gasteiger partial charge on any atom is -0.486 e. The van der Waals surface area contributed by atoms with Crippen LogP contribution in [0.25, 0.3) is 0 Å². The van der Waals surface area contributed by atoms with Crippen LogP contribution in [0.15, 0.2) is 48.7 Å². The largest absolute Gasteiger partial charge is 0.486 e. The predicted molar refractivity (Wildman–Crippen MR) is 105 cm³/mol. The van der Waals surface area contributed by atoms with Crippen molar-refractivity contribution in [1.82, 2.24) is 20.1 Å². The monoisotopic (exact) mass is 392 g/mol. The fourth-order valence-corrected chi connectivity index (χ4v) is 2.91. The third-order valence-corrected chi connectivity index (χ3v) is 4.65. The summed E-state index contributed by atoms with van der Waals surface area (Å²) in [6.45, 7) is 10.4. The molecule has 0 radical (unpaired) electrons. The molecule has 2 rings (SSSR count). The number of carbonyl (C=O) groups excluding carboxylic acids is 1. The number of amides is 1. The molecular weight excluding hydrogens is 372 g/mol. The van der Waals surface area contributed by atoms with E-state index in [0.29, 0.717) is 34.8 Å². The smallest absolute Gasteiger partial charge is 0.233 e. The van der Waals surface area contributed by atoms with E-state index >= 15 is 0 Å². The minimum atomic E-state index is -0.0194. The number of nitrogens with one attached hydrogen (secondary N) is 1. The minimum absolute atomic E-state index is 0.0194. The van der Waals surface area contributed by atoms with Crippen molar-refractivity contribution in [2.24, 2.45) is 0 Å². The standard InChI is InChI=1S/C18H21ClN4O2S/c1-4-8-23(9-5-2)17(24)12-26-18-20-16(21-22-18)11-25-14-6-7-15(19)13(3)10-14/h4-7,10H,1-2,8-9,11-12H2,3H3,(H,20,21,22). The Morgan fingerprint density at radius 1 is 1.38 bits per heavy atom. The molecule has 8 heteroatoms. The van der Waals surface area contributed by atoms with Crippen molar-refractivity contribution in [3.05, 3.63) is 59.9 Å². The van der Waals surface area contributed by atoms with Crippen LogP contribution in [0.3, 0.4) is 0 Å². The fourth-order valence-electron chi connectivity index (χ4n) is 2.07. The first-order chi connectivity index (χ1) is 12.5. The normalized spacial score (nSPS) is 10.4. The van der Waals surface area contributed by atoms with Gasteiger partial charge in [-0.15, -0.1) is 18.3 Å². The van der Waals surface area contributed by atoms with Gasteiger partial charge < -0.3 is 9.64 Å². The highest BCUT2D eigenvalue weighted by Crippen LogP contribution is 2.21. The predicted octanol–water partition coefficient (Wildman–Crippen LogP) is 3.64. The maximum Gasteiger partial charge on any atom is 0.233 e. The van der Waals surface area contributed by atoms with Crippen LogP contribution in [0.5, 0.6) is 5.75 Å². The second-order valence-electron chi connectivity index (χ2n) is 5.43. The maximum absolute atomic E-state index is 12.2. The zero-order valence-corrected chi connectivity index (χ0v) is 16.1. The van der Waals surface area contributed by atoms with Gasteiger partial charge in [0.05, 0.1) is 5.75 Å². The molecule has 0 fully saturated rings. The van der Waals surface area contributed by atoms with Gasteiger partial charge in [-0.3, -0.25) is 9.89 Å². The molecule has 6 nitrogen and oxygen atoms in total. The van der Waals surface area contributed by atoms with E-state index in [4.69, 9.17) is 16.3 Å². The number of carbonyl (C=O) groups is 1. The highest BCUT2D eigenvalue weighted by molar-refractivity contribution is 7.99. The summed E-state index contributed by atoms with van der Waals surface area (Å²) in [4.78, 5) is 18.2. The number of ether oxygens (including phenoxy) is 1. The zero-order valence-electron chi connectivity index (χ0n) is 14.6. The van der Waals surface area contributed by atoms with Gasteiger partial charge >= 0.3 is 0 Å². The van der Waals surface area contributed by atoms with Gasteiger partial charge in [0.15, 0.2) is 5.82 Å². The van der Waals surface area contributed by atoms with Crippen molar-refractivity contribution in [2.75, 3.05) is 18.8 Å². The van der Waals surface area contributed by atoms with Gasteiger partial charge in [-0.2, -0.15) is 0 Å². The molecule has 1 aromatic heterocycles. The summed E-state index contributed by atoms with van der Waals surface area (Å²) in [6.07, 6.45) is 3.37. The third kappa shape index (κ3) is 5.93. The molecule has 0 saturated heterocycles. The number of H-pyrrole nitrogens is 1. The zero-order chi connectivity index (χ0) is 18.9. The number of benzene rings is 1. The van der Waals surface area contributed by atoms with Crippen molar-refractivity contribution >= 4 is 29.3 Å². The Morgan fingerprint density at radius 3 is 2.77 bits per heavy atom. The summed E-state index contributed by atoms with van der Waals surface area (Å²) in [5.41, 5.74) is 0.945. The number of nitrogens with zero attached hydrogens (tertiary/aromatic N) is 3. The van der Waals surface area contributed by atoms with E-state index in [-0.39, 0.29) is 18.3 Å². The summed E-state index contributed by atoms with van der Waals surface area (Å²) in [7, 11) is 0. The lowest BCUT2D eigenvalue weighted by atomic mass is 10.2. The molecule has 0 aliphatic heterocycles. The van der Waals surface area contributed by atoms with Crippen molar-refractivity contribution in [3.8, 4) is 5.75 Å². The summed E-state index contributed by atoms with van der Waals surface area (Å²) < 4.78 is 5.67. The quantitative estimate of drug-likeness (QED) is 0.493. The molecule has 0 atom stereocenters. The number of halogens is 1. The van der Waals surface area contributed by atoms with Crippen molar-refractivity contribution < 1.29 is 9.53 Å². The van der Waals surface area contributed by atoms with Crippen molar-refractivity contribution in [1.29, 1.82) is 0 Å². The number of rotatable bonds is 10. The molecule has 0 bridgehead atoms. The lowest BCUT2D eigenvalue weighted by Crippen LogP contribution is -2.32. The molecule has 0 aliphatic rings. The van der Waals surface area contributed by atoms with Crippen LogP contribution in [0, 0.1) is 6.92 Å². The molecule has 26 heavy (non-hydrogen) atoms. The van der Waals surface area contributed by atoms with Gasteiger partial charge in [-0.1, -0.05) is 35.5 Å². The molecular formula is C18H21ClN4O2S. The SMILES string of the molecule is C=CCN(CC=C)C(=O)CSc1n[nH]c(COc2ccc(Cl)c(C)c2)n1. The Labute approximate surface area is 162 Å². The molecule has 0 aliphatic carbocycles. The van der Waals surface area contributed by atoms with E-state index in [0.717, 1.165) is 5.56 Å². The molecule has 1 heterocycles. The Hall–Kier alpha value is -2.25. The summed E-state index contributed by atoms with van der Waals surface area (Å²) in [5, 5.41) is 8.11. The Morgan fingerprint density at radius 2 is 2.12 bits per heavy atom. The first-order valence-corrected chi connectivity index (χ1v) is 9.32. The molecule has 138 valence electrons. The van der Waals surface area contributed by atoms with Gasteiger partial charge in [-0.05, 0) is 30.7 Å². The van der Waals surface area contributed by atoms with Gasteiger partial charge in [-0.25, -0.2) is 4.98 Å². The molecule has 1 N–H and O–H groups in total. The Bertz CT molecular complexity index is 768. The van der Waals surface area contributed by atoms with Gasteiger partial charge in [0.2, 0.25) is 11.1 Å². The lowest BCUT2D eigenvalue weighted by Gasteiger charge is -2.18. The summed E-state index contributed by atoms with van der Waals surface area (Å²) >= 11 is 7.26. The van der Waals surface area contributed by atoms with E-state index in [9.17, 15) is 4.79 Å². The second-order valence-corrected chi connectivity index (χ2v) is 6.78. The van der Waals surface area contributed by atoms with Crippen molar-refractivity contribution in [2.45, 2.75) is 18.7 Å². The number of thioether (sulfide) groups is 1. The van der Waals surface area contributed by atoms with Crippen LogP contribution in [-0.2, 0) is 11.4 Å². The van der Waals surface area contributed by atoms with Crippen LogP contribution in [-0.4, -0.2) is 44.8 Å². The average Bonchev–Trinajstić information content (AvgIpc) is 3.08. The Balaban J connectivity index is 1.85. The van der Waals surface area contributed by atoms with E-state index in [1.54, 1.807) is 29.2 Å². The first-order valence-electron chi connectivity index (χ1n) is 7.96. The van der Waals surface area contributed by atoms with Crippen LogP contribution in [0.2, 0.25) is 5.02 Å². The Kier molecular flexibility index (Phi) is 7.74. The molecule has 0 unspecified atom stereocenters. The van der Waals surface area contributed by atoms with E-state index in [1.165, 1.54) is 11.8 Å². The van der Waals surface area contributed by atoms with Gasteiger partial charge in [0.1, 0.15) is 12.4 Å².